The normalized spacial score (nSPS) is 16.2. The van der Waals surface area contributed by atoms with Crippen molar-refractivity contribution < 1.29 is 0 Å². The van der Waals surface area contributed by atoms with Crippen molar-refractivity contribution in [2.45, 2.75) is 46.1 Å². The molecule has 19 heavy (non-hydrogen) atoms. The molecule has 0 amide bonds. The Kier molecular flexibility index (Phi) is 4.98. The van der Waals surface area contributed by atoms with E-state index < -0.39 is 0 Å². The summed E-state index contributed by atoms with van der Waals surface area (Å²) in [6, 6.07) is 9.24. The van der Waals surface area contributed by atoms with Crippen molar-refractivity contribution in [1.82, 2.24) is 5.32 Å². The Morgan fingerprint density at radius 1 is 1.26 bits per heavy atom. The molecule has 0 aromatic heterocycles. The number of nitrogens with one attached hydrogen (secondary N) is 1. The predicted molar refractivity (Wildman–Crippen MR) is 84.1 cm³/mol. The minimum atomic E-state index is 0.420. The van der Waals surface area contributed by atoms with E-state index >= 15 is 0 Å². The molecule has 0 bridgehead atoms. The second-order valence-corrected chi connectivity index (χ2v) is 5.38. The lowest BCUT2D eigenvalue weighted by atomic mass is 9.93. The molecule has 102 valence electrons. The van der Waals surface area contributed by atoms with Crippen molar-refractivity contribution in [3.8, 4) is 0 Å². The maximum atomic E-state index is 3.64. The molecule has 2 rings (SSSR count). The Hall–Kier alpha value is -1.34. The van der Waals surface area contributed by atoms with Gasteiger partial charge in [0.2, 0.25) is 0 Å². The molecular weight excluding hydrogens is 230 g/mol. The topological polar surface area (TPSA) is 12.0 Å². The van der Waals surface area contributed by atoms with Crippen molar-refractivity contribution >= 4 is 5.57 Å². The average Bonchev–Trinajstić information content (AvgIpc) is 2.85. The van der Waals surface area contributed by atoms with Crippen molar-refractivity contribution in [3.63, 3.8) is 0 Å². The molecule has 1 aromatic carbocycles. The van der Waals surface area contributed by atoms with Crippen LogP contribution in [0.2, 0.25) is 0 Å². The van der Waals surface area contributed by atoms with Crippen LogP contribution in [0.3, 0.4) is 0 Å². The summed E-state index contributed by atoms with van der Waals surface area (Å²) in [5.74, 6) is 0. The number of hydrogen-bond donors (Lipinski definition) is 1. The highest BCUT2D eigenvalue weighted by Gasteiger charge is 2.15. The summed E-state index contributed by atoms with van der Waals surface area (Å²) >= 11 is 0. The average molecular weight is 255 g/mol. The molecule has 1 heteroatoms. The summed E-state index contributed by atoms with van der Waals surface area (Å²) in [6.45, 7) is 7.82. The fourth-order valence-electron chi connectivity index (χ4n) is 2.69. The van der Waals surface area contributed by atoms with Crippen LogP contribution in [0.1, 0.15) is 57.2 Å². The van der Waals surface area contributed by atoms with Crippen LogP contribution in [0.4, 0.5) is 0 Å². The highest BCUT2D eigenvalue weighted by Crippen LogP contribution is 2.33. The Morgan fingerprint density at radius 2 is 2.05 bits per heavy atom. The highest BCUT2D eigenvalue weighted by molar-refractivity contribution is 5.76. The summed E-state index contributed by atoms with van der Waals surface area (Å²) in [7, 11) is 0. The van der Waals surface area contributed by atoms with Crippen LogP contribution in [-0.2, 0) is 0 Å². The first-order valence-electron chi connectivity index (χ1n) is 7.43. The van der Waals surface area contributed by atoms with Crippen LogP contribution in [0.5, 0.6) is 0 Å². The second kappa shape index (κ2) is 6.72. The molecule has 1 aliphatic rings. The Morgan fingerprint density at radius 3 is 2.74 bits per heavy atom. The van der Waals surface area contributed by atoms with Gasteiger partial charge in [0.1, 0.15) is 0 Å². The number of hydrogen-bond acceptors (Lipinski definition) is 1. The van der Waals surface area contributed by atoms with E-state index in [0.717, 1.165) is 13.0 Å². The van der Waals surface area contributed by atoms with Gasteiger partial charge in [-0.05, 0) is 55.5 Å². The van der Waals surface area contributed by atoms with Gasteiger partial charge in [0.15, 0.2) is 0 Å². The first-order valence-corrected chi connectivity index (χ1v) is 7.43. The molecule has 1 unspecified atom stereocenters. The van der Waals surface area contributed by atoms with Crippen LogP contribution in [-0.4, -0.2) is 6.54 Å². The third kappa shape index (κ3) is 3.36. The minimum Gasteiger partial charge on any atom is -0.310 e. The van der Waals surface area contributed by atoms with E-state index in [1.54, 1.807) is 0 Å². The summed E-state index contributed by atoms with van der Waals surface area (Å²) < 4.78 is 0. The summed E-state index contributed by atoms with van der Waals surface area (Å²) in [5.41, 5.74) is 5.74. The molecule has 1 aromatic rings. The van der Waals surface area contributed by atoms with Gasteiger partial charge in [0.05, 0.1) is 0 Å². The summed E-state index contributed by atoms with van der Waals surface area (Å²) in [5, 5.41) is 3.64. The van der Waals surface area contributed by atoms with Gasteiger partial charge in [0.25, 0.3) is 0 Å². The van der Waals surface area contributed by atoms with E-state index in [-0.39, 0.29) is 0 Å². The molecule has 0 spiro atoms. The number of benzene rings is 1. The van der Waals surface area contributed by atoms with Crippen LogP contribution in [0.25, 0.3) is 5.57 Å². The van der Waals surface area contributed by atoms with Crippen molar-refractivity contribution in [1.29, 1.82) is 0 Å². The Balaban J connectivity index is 2.19. The lowest BCUT2D eigenvalue weighted by Gasteiger charge is -2.19. The number of unbranched alkanes of at least 4 members (excludes halogenated alkanes) is 1. The Labute approximate surface area is 117 Å². The lowest BCUT2D eigenvalue weighted by molar-refractivity contribution is 0.553. The molecule has 1 aliphatic carbocycles. The summed E-state index contributed by atoms with van der Waals surface area (Å²) in [6.07, 6.45) is 8.06. The molecular formula is C18H25N. The third-order valence-corrected chi connectivity index (χ3v) is 3.90. The molecule has 0 aliphatic heterocycles. The zero-order chi connectivity index (χ0) is 13.7. The van der Waals surface area contributed by atoms with E-state index in [9.17, 15) is 0 Å². The van der Waals surface area contributed by atoms with Gasteiger partial charge in [-0.15, -0.1) is 0 Å². The second-order valence-electron chi connectivity index (χ2n) is 5.38. The Bertz CT molecular complexity index is 482. The van der Waals surface area contributed by atoms with Gasteiger partial charge in [-0.1, -0.05) is 49.8 Å². The maximum Gasteiger partial charge on any atom is 0.0297 e. The molecule has 0 fully saturated rings. The highest BCUT2D eigenvalue weighted by atomic mass is 14.9. The summed E-state index contributed by atoms with van der Waals surface area (Å²) in [4.78, 5) is 0. The molecule has 1 nitrogen and oxygen atoms in total. The van der Waals surface area contributed by atoms with Crippen molar-refractivity contribution in [2.75, 3.05) is 6.54 Å². The van der Waals surface area contributed by atoms with Crippen molar-refractivity contribution in [3.05, 3.63) is 53.1 Å². The zero-order valence-electron chi connectivity index (χ0n) is 12.4. The van der Waals surface area contributed by atoms with Gasteiger partial charge in [-0.3, -0.25) is 0 Å². The fraction of sp³-hybridized carbons (Fsp3) is 0.444. The van der Waals surface area contributed by atoms with Gasteiger partial charge in [-0.25, -0.2) is 0 Å². The number of allylic oxidation sites excluding steroid dienone is 4. The SMILES string of the molecule is CCCCNC(C)c1ccccc1C1=C(C)C=CC1. The quantitative estimate of drug-likeness (QED) is 0.715. The third-order valence-electron chi connectivity index (χ3n) is 3.90. The molecule has 0 saturated carbocycles. The first kappa shape index (κ1) is 14.1. The lowest BCUT2D eigenvalue weighted by Crippen LogP contribution is -2.20. The fourth-order valence-corrected chi connectivity index (χ4v) is 2.69. The van der Waals surface area contributed by atoms with Gasteiger partial charge in [-0.2, -0.15) is 0 Å². The van der Waals surface area contributed by atoms with Crippen molar-refractivity contribution in [2.24, 2.45) is 0 Å². The van der Waals surface area contributed by atoms with Gasteiger partial charge in [0, 0.05) is 6.04 Å². The van der Waals surface area contributed by atoms with E-state index in [1.807, 2.05) is 0 Å². The van der Waals surface area contributed by atoms with Gasteiger partial charge >= 0.3 is 0 Å². The smallest absolute Gasteiger partial charge is 0.0297 e. The predicted octanol–water partition coefficient (Wildman–Crippen LogP) is 4.87. The van der Waals surface area contributed by atoms with E-state index in [1.165, 1.54) is 35.1 Å². The first-order chi connectivity index (χ1) is 9.24. The molecule has 0 saturated heterocycles. The van der Waals surface area contributed by atoms with E-state index in [0.29, 0.717) is 6.04 Å². The largest absolute Gasteiger partial charge is 0.310 e. The zero-order valence-corrected chi connectivity index (χ0v) is 12.4. The number of rotatable bonds is 6. The van der Waals surface area contributed by atoms with Gasteiger partial charge < -0.3 is 5.32 Å². The standard InChI is InChI=1S/C18H25N/c1-4-5-13-19-15(3)17-10-6-7-11-18(17)16-12-8-9-14(16)2/h6-11,15,19H,4-5,12-13H2,1-3H3. The molecule has 1 atom stereocenters. The van der Waals surface area contributed by atoms with E-state index in [2.05, 4.69) is 62.5 Å². The van der Waals surface area contributed by atoms with Crippen LogP contribution in [0, 0.1) is 0 Å². The minimum absolute atomic E-state index is 0.420. The maximum absolute atomic E-state index is 3.64. The molecule has 0 heterocycles. The monoisotopic (exact) mass is 255 g/mol. The van der Waals surface area contributed by atoms with Crippen LogP contribution < -0.4 is 5.32 Å². The van der Waals surface area contributed by atoms with Crippen LogP contribution in [0.15, 0.2) is 42.0 Å². The van der Waals surface area contributed by atoms with Crippen LogP contribution >= 0.6 is 0 Å². The molecule has 0 radical (unpaired) electrons. The van der Waals surface area contributed by atoms with E-state index in [4.69, 9.17) is 0 Å². The molecule has 1 N–H and O–H groups in total.